The molecule has 0 spiro atoms. The number of halogens is 1. The number of rotatable bonds is 1. The van der Waals surface area contributed by atoms with Crippen LogP contribution in [-0.2, 0) is 4.79 Å². The van der Waals surface area contributed by atoms with E-state index in [2.05, 4.69) is 6.92 Å². The summed E-state index contributed by atoms with van der Waals surface area (Å²) < 4.78 is 0. The van der Waals surface area contributed by atoms with Crippen LogP contribution in [0.3, 0.4) is 0 Å². The van der Waals surface area contributed by atoms with Crippen molar-refractivity contribution in [1.29, 1.82) is 0 Å². The second kappa shape index (κ2) is 4.13. The van der Waals surface area contributed by atoms with Crippen LogP contribution in [0.15, 0.2) is 0 Å². The highest BCUT2D eigenvalue weighted by Gasteiger charge is 2.22. The van der Waals surface area contributed by atoms with Crippen molar-refractivity contribution in [1.82, 2.24) is 4.90 Å². The number of alkyl halides is 1. The van der Waals surface area contributed by atoms with Crippen LogP contribution in [0.2, 0.25) is 0 Å². The van der Waals surface area contributed by atoms with E-state index in [1.54, 1.807) is 6.92 Å². The van der Waals surface area contributed by atoms with E-state index in [1.165, 1.54) is 0 Å². The zero-order chi connectivity index (χ0) is 9.14. The van der Waals surface area contributed by atoms with Crippen LogP contribution in [0.1, 0.15) is 26.7 Å². The summed E-state index contributed by atoms with van der Waals surface area (Å²) >= 11 is 5.71. The third-order valence-electron chi connectivity index (χ3n) is 2.44. The maximum absolute atomic E-state index is 11.4. The Labute approximate surface area is 78.9 Å². The van der Waals surface area contributed by atoms with Gasteiger partial charge >= 0.3 is 0 Å². The zero-order valence-corrected chi connectivity index (χ0v) is 8.47. The molecule has 1 heterocycles. The zero-order valence-electron chi connectivity index (χ0n) is 7.72. The molecule has 1 saturated heterocycles. The van der Waals surface area contributed by atoms with Crippen molar-refractivity contribution >= 4 is 17.5 Å². The molecule has 0 N–H and O–H groups in total. The molecule has 0 saturated carbocycles. The van der Waals surface area contributed by atoms with E-state index in [4.69, 9.17) is 11.6 Å². The summed E-state index contributed by atoms with van der Waals surface area (Å²) in [5, 5.41) is -0.363. The lowest BCUT2D eigenvalue weighted by Crippen LogP contribution is -2.41. The molecule has 1 rings (SSSR count). The Morgan fingerprint density at radius 1 is 1.50 bits per heavy atom. The standard InChI is InChI=1S/C9H16ClNO/c1-7-3-5-11(6-4-7)9(12)8(2)10/h7-8H,3-6H2,1-2H3/t8-/m0/s1. The van der Waals surface area contributed by atoms with Crippen LogP contribution in [0.5, 0.6) is 0 Å². The molecule has 3 heteroatoms. The molecule has 1 aliphatic heterocycles. The van der Waals surface area contributed by atoms with Crippen LogP contribution in [0.4, 0.5) is 0 Å². The number of nitrogens with zero attached hydrogens (tertiary/aromatic N) is 1. The van der Waals surface area contributed by atoms with Gasteiger partial charge in [-0.2, -0.15) is 0 Å². The predicted octanol–water partition coefficient (Wildman–Crippen LogP) is 1.87. The first kappa shape index (κ1) is 9.85. The van der Waals surface area contributed by atoms with E-state index in [9.17, 15) is 4.79 Å². The SMILES string of the molecule is CC1CCN(C(=O)[C@H](C)Cl)CC1. The number of likely N-dealkylation sites (tertiary alicyclic amines) is 1. The Bertz CT molecular complexity index is 162. The lowest BCUT2D eigenvalue weighted by atomic mass is 9.99. The molecular weight excluding hydrogens is 174 g/mol. The average Bonchev–Trinajstić information content (AvgIpc) is 2.04. The number of carbonyl (C=O) groups is 1. The quantitative estimate of drug-likeness (QED) is 0.577. The fourth-order valence-electron chi connectivity index (χ4n) is 1.48. The Morgan fingerprint density at radius 3 is 2.42 bits per heavy atom. The number of carbonyl (C=O) groups excluding carboxylic acids is 1. The lowest BCUT2D eigenvalue weighted by Gasteiger charge is -2.30. The highest BCUT2D eigenvalue weighted by atomic mass is 35.5. The maximum Gasteiger partial charge on any atom is 0.240 e. The second-order valence-electron chi connectivity index (χ2n) is 3.62. The molecule has 70 valence electrons. The van der Waals surface area contributed by atoms with E-state index in [0.717, 1.165) is 31.8 Å². The van der Waals surface area contributed by atoms with E-state index in [-0.39, 0.29) is 11.3 Å². The van der Waals surface area contributed by atoms with Gasteiger partial charge in [0.05, 0.1) is 0 Å². The van der Waals surface area contributed by atoms with E-state index in [1.807, 2.05) is 4.90 Å². The molecular formula is C9H16ClNO. The van der Waals surface area contributed by atoms with Gasteiger partial charge in [-0.05, 0) is 25.7 Å². The first-order valence-electron chi connectivity index (χ1n) is 4.54. The summed E-state index contributed by atoms with van der Waals surface area (Å²) in [5.74, 6) is 0.850. The third-order valence-corrected chi connectivity index (χ3v) is 2.62. The summed E-state index contributed by atoms with van der Waals surface area (Å²) in [7, 11) is 0. The molecule has 12 heavy (non-hydrogen) atoms. The molecule has 0 bridgehead atoms. The maximum atomic E-state index is 11.4. The van der Waals surface area contributed by atoms with Crippen LogP contribution in [0.25, 0.3) is 0 Å². The fraction of sp³-hybridized carbons (Fsp3) is 0.889. The molecule has 0 radical (unpaired) electrons. The van der Waals surface area contributed by atoms with Crippen LogP contribution in [0, 0.1) is 5.92 Å². The van der Waals surface area contributed by atoms with Gasteiger partial charge in [0, 0.05) is 13.1 Å². The van der Waals surface area contributed by atoms with Crippen molar-refractivity contribution < 1.29 is 4.79 Å². The molecule has 1 fully saturated rings. The molecule has 0 aromatic carbocycles. The van der Waals surface area contributed by atoms with Gasteiger partial charge in [0.15, 0.2) is 0 Å². The molecule has 0 aliphatic carbocycles. The Hall–Kier alpha value is -0.240. The Balaban J connectivity index is 2.39. The average molecular weight is 190 g/mol. The largest absolute Gasteiger partial charge is 0.341 e. The van der Waals surface area contributed by atoms with Crippen LogP contribution in [-0.4, -0.2) is 29.3 Å². The lowest BCUT2D eigenvalue weighted by molar-refractivity contribution is -0.131. The summed E-state index contributed by atoms with van der Waals surface area (Å²) in [6, 6.07) is 0. The molecule has 0 unspecified atom stereocenters. The summed E-state index contributed by atoms with van der Waals surface area (Å²) in [4.78, 5) is 13.3. The number of piperidine rings is 1. The van der Waals surface area contributed by atoms with Crippen molar-refractivity contribution in [2.75, 3.05) is 13.1 Å². The van der Waals surface area contributed by atoms with Crippen LogP contribution < -0.4 is 0 Å². The van der Waals surface area contributed by atoms with Gasteiger partial charge in [0.2, 0.25) is 5.91 Å². The van der Waals surface area contributed by atoms with Gasteiger partial charge in [-0.1, -0.05) is 6.92 Å². The number of hydrogen-bond donors (Lipinski definition) is 0. The highest BCUT2D eigenvalue weighted by molar-refractivity contribution is 6.30. The molecule has 1 atom stereocenters. The summed E-state index contributed by atoms with van der Waals surface area (Å²) in [6.45, 7) is 5.74. The monoisotopic (exact) mass is 189 g/mol. The second-order valence-corrected chi connectivity index (χ2v) is 4.28. The molecule has 0 aromatic rings. The van der Waals surface area contributed by atoms with Crippen molar-refractivity contribution in [2.24, 2.45) is 5.92 Å². The summed E-state index contributed by atoms with van der Waals surface area (Å²) in [5.41, 5.74) is 0. The molecule has 1 aliphatic rings. The molecule has 0 aromatic heterocycles. The number of hydrogen-bond acceptors (Lipinski definition) is 1. The number of amides is 1. The van der Waals surface area contributed by atoms with E-state index < -0.39 is 0 Å². The minimum atomic E-state index is -0.363. The highest BCUT2D eigenvalue weighted by Crippen LogP contribution is 2.17. The Kier molecular flexibility index (Phi) is 3.39. The van der Waals surface area contributed by atoms with Gasteiger partial charge in [0.25, 0.3) is 0 Å². The first-order chi connectivity index (χ1) is 5.61. The fourth-order valence-corrected chi connectivity index (χ4v) is 1.62. The Morgan fingerprint density at radius 2 is 2.00 bits per heavy atom. The van der Waals surface area contributed by atoms with E-state index in [0.29, 0.717) is 0 Å². The molecule has 1 amide bonds. The van der Waals surface area contributed by atoms with Crippen molar-refractivity contribution in [3.8, 4) is 0 Å². The van der Waals surface area contributed by atoms with Gasteiger partial charge in [-0.25, -0.2) is 0 Å². The topological polar surface area (TPSA) is 20.3 Å². The first-order valence-corrected chi connectivity index (χ1v) is 4.97. The predicted molar refractivity (Wildman–Crippen MR) is 50.3 cm³/mol. The van der Waals surface area contributed by atoms with Gasteiger partial charge in [-0.3, -0.25) is 4.79 Å². The smallest absolute Gasteiger partial charge is 0.240 e. The van der Waals surface area contributed by atoms with Gasteiger partial charge in [-0.15, -0.1) is 11.6 Å². The van der Waals surface area contributed by atoms with Crippen LogP contribution >= 0.6 is 11.6 Å². The van der Waals surface area contributed by atoms with Crippen molar-refractivity contribution in [3.05, 3.63) is 0 Å². The summed E-state index contributed by atoms with van der Waals surface area (Å²) in [6.07, 6.45) is 2.24. The van der Waals surface area contributed by atoms with Crippen molar-refractivity contribution in [2.45, 2.75) is 32.1 Å². The van der Waals surface area contributed by atoms with Gasteiger partial charge in [0.1, 0.15) is 5.38 Å². The van der Waals surface area contributed by atoms with E-state index >= 15 is 0 Å². The minimum Gasteiger partial charge on any atom is -0.341 e. The molecule has 2 nitrogen and oxygen atoms in total. The third kappa shape index (κ3) is 2.37. The normalized spacial score (nSPS) is 22.4. The van der Waals surface area contributed by atoms with Gasteiger partial charge < -0.3 is 4.90 Å². The minimum absolute atomic E-state index is 0.0866. The van der Waals surface area contributed by atoms with Crippen molar-refractivity contribution in [3.63, 3.8) is 0 Å².